The number of hydrogen-bond donors (Lipinski definition) is 2. The number of hydrogen-bond acceptors (Lipinski definition) is 3. The van der Waals surface area contributed by atoms with Crippen molar-refractivity contribution in [1.29, 1.82) is 5.26 Å². The molecule has 0 radical (unpaired) electrons. The van der Waals surface area contributed by atoms with Crippen LogP contribution in [0.25, 0.3) is 0 Å². The molecule has 0 aliphatic rings. The van der Waals surface area contributed by atoms with Crippen molar-refractivity contribution in [3.05, 3.63) is 60.7 Å². The van der Waals surface area contributed by atoms with Gasteiger partial charge in [-0.3, -0.25) is 9.59 Å². The first kappa shape index (κ1) is 14.3. The van der Waals surface area contributed by atoms with Crippen molar-refractivity contribution in [2.24, 2.45) is 5.92 Å². The van der Waals surface area contributed by atoms with Gasteiger partial charge in [-0.15, -0.1) is 0 Å². The number of nitrogens with one attached hydrogen (secondary N) is 2. The molecule has 0 bridgehead atoms. The summed E-state index contributed by atoms with van der Waals surface area (Å²) in [5.74, 6) is -2.72. The highest BCUT2D eigenvalue weighted by atomic mass is 16.2. The summed E-state index contributed by atoms with van der Waals surface area (Å²) in [4.78, 5) is 24.0. The number of anilines is 2. The third kappa shape index (κ3) is 3.91. The van der Waals surface area contributed by atoms with Crippen LogP contribution < -0.4 is 10.6 Å². The van der Waals surface area contributed by atoms with Gasteiger partial charge in [0.25, 0.3) is 11.8 Å². The lowest BCUT2D eigenvalue weighted by atomic mass is 10.1. The summed E-state index contributed by atoms with van der Waals surface area (Å²) in [6, 6.07) is 19.1. The molecule has 5 nitrogen and oxygen atoms in total. The molecule has 0 saturated carbocycles. The number of benzene rings is 2. The predicted molar refractivity (Wildman–Crippen MR) is 79.2 cm³/mol. The van der Waals surface area contributed by atoms with E-state index in [1.54, 1.807) is 66.7 Å². The maximum absolute atomic E-state index is 12.0. The van der Waals surface area contributed by atoms with Gasteiger partial charge in [-0.05, 0) is 24.3 Å². The van der Waals surface area contributed by atoms with Crippen molar-refractivity contribution in [3.63, 3.8) is 0 Å². The fraction of sp³-hybridized carbons (Fsp3) is 0.0625. The number of carbonyl (C=O) groups is 2. The quantitative estimate of drug-likeness (QED) is 0.843. The van der Waals surface area contributed by atoms with E-state index >= 15 is 0 Å². The van der Waals surface area contributed by atoms with Crippen LogP contribution in [-0.2, 0) is 9.59 Å². The zero-order chi connectivity index (χ0) is 15.1. The summed E-state index contributed by atoms with van der Waals surface area (Å²) < 4.78 is 0. The number of nitrogens with zero attached hydrogens (tertiary/aromatic N) is 1. The van der Waals surface area contributed by atoms with Crippen LogP contribution in [0.2, 0.25) is 0 Å². The molecule has 5 heteroatoms. The fourth-order valence-corrected chi connectivity index (χ4v) is 1.71. The first-order chi connectivity index (χ1) is 10.2. The average Bonchev–Trinajstić information content (AvgIpc) is 2.50. The highest BCUT2D eigenvalue weighted by Crippen LogP contribution is 2.11. The molecule has 0 aliphatic carbocycles. The van der Waals surface area contributed by atoms with Gasteiger partial charge in [0, 0.05) is 11.4 Å². The summed E-state index contributed by atoms with van der Waals surface area (Å²) in [5.41, 5.74) is 1.07. The summed E-state index contributed by atoms with van der Waals surface area (Å²) in [5, 5.41) is 14.1. The average molecular weight is 279 g/mol. The zero-order valence-electron chi connectivity index (χ0n) is 11.1. The Bertz CT molecular complexity index is 609. The molecule has 2 aromatic rings. The second kappa shape index (κ2) is 6.87. The van der Waals surface area contributed by atoms with Crippen molar-refractivity contribution >= 4 is 23.2 Å². The number of amides is 2. The number of nitriles is 1. The van der Waals surface area contributed by atoms with Crippen LogP contribution in [0.15, 0.2) is 60.7 Å². The zero-order valence-corrected chi connectivity index (χ0v) is 11.1. The predicted octanol–water partition coefficient (Wildman–Crippen LogP) is 2.40. The molecule has 0 fully saturated rings. The van der Waals surface area contributed by atoms with E-state index in [-0.39, 0.29) is 0 Å². The van der Waals surface area contributed by atoms with Gasteiger partial charge in [0.1, 0.15) is 0 Å². The maximum Gasteiger partial charge on any atom is 0.251 e. The smallest absolute Gasteiger partial charge is 0.251 e. The van der Waals surface area contributed by atoms with E-state index in [9.17, 15) is 9.59 Å². The summed E-state index contributed by atoms with van der Waals surface area (Å²) in [6.45, 7) is 0. The van der Waals surface area contributed by atoms with Gasteiger partial charge >= 0.3 is 0 Å². The molecule has 21 heavy (non-hydrogen) atoms. The number of rotatable bonds is 4. The second-order valence-corrected chi connectivity index (χ2v) is 4.27. The van der Waals surface area contributed by atoms with E-state index in [0.29, 0.717) is 11.4 Å². The van der Waals surface area contributed by atoms with Crippen molar-refractivity contribution in [3.8, 4) is 6.07 Å². The molecule has 2 aromatic carbocycles. The SMILES string of the molecule is N#CC(C(=O)Nc1ccccc1)C(=O)Nc1ccccc1. The minimum absolute atomic E-state index is 0.537. The molecular weight excluding hydrogens is 266 g/mol. The molecule has 2 amide bonds. The third-order valence-corrected chi connectivity index (χ3v) is 2.74. The highest BCUT2D eigenvalue weighted by molar-refractivity contribution is 6.12. The Morgan fingerprint density at radius 2 is 1.19 bits per heavy atom. The van der Waals surface area contributed by atoms with E-state index in [1.165, 1.54) is 0 Å². The lowest BCUT2D eigenvalue weighted by molar-refractivity contribution is -0.127. The van der Waals surface area contributed by atoms with Gasteiger partial charge in [0.15, 0.2) is 0 Å². The van der Waals surface area contributed by atoms with Gasteiger partial charge in [-0.25, -0.2) is 0 Å². The molecular formula is C16H13N3O2. The minimum atomic E-state index is -1.41. The molecule has 0 aromatic heterocycles. The Labute approximate surface area is 122 Å². The van der Waals surface area contributed by atoms with E-state index in [2.05, 4.69) is 10.6 Å². The van der Waals surface area contributed by atoms with Crippen LogP contribution in [0.4, 0.5) is 11.4 Å². The summed E-state index contributed by atoms with van der Waals surface area (Å²) >= 11 is 0. The maximum atomic E-state index is 12.0. The van der Waals surface area contributed by atoms with Crippen LogP contribution in [-0.4, -0.2) is 11.8 Å². The van der Waals surface area contributed by atoms with E-state index in [0.717, 1.165) is 0 Å². The molecule has 0 aliphatic heterocycles. The third-order valence-electron chi connectivity index (χ3n) is 2.74. The molecule has 104 valence electrons. The minimum Gasteiger partial charge on any atom is -0.324 e. The van der Waals surface area contributed by atoms with Gasteiger partial charge in [-0.1, -0.05) is 36.4 Å². The van der Waals surface area contributed by atoms with Crippen LogP contribution in [0.5, 0.6) is 0 Å². The Kier molecular flexibility index (Phi) is 4.67. The van der Waals surface area contributed by atoms with E-state index < -0.39 is 17.7 Å². The Morgan fingerprint density at radius 3 is 1.52 bits per heavy atom. The monoisotopic (exact) mass is 279 g/mol. The Balaban J connectivity index is 2.04. The van der Waals surface area contributed by atoms with Crippen LogP contribution in [0.3, 0.4) is 0 Å². The van der Waals surface area contributed by atoms with Crippen molar-refractivity contribution in [2.75, 3.05) is 10.6 Å². The Morgan fingerprint density at radius 1 is 0.810 bits per heavy atom. The normalized spacial score (nSPS) is 9.71. The summed E-state index contributed by atoms with van der Waals surface area (Å²) in [7, 11) is 0. The molecule has 0 unspecified atom stereocenters. The van der Waals surface area contributed by atoms with Crippen molar-refractivity contribution in [2.45, 2.75) is 0 Å². The van der Waals surface area contributed by atoms with Gasteiger partial charge in [0.05, 0.1) is 6.07 Å². The Hall–Kier alpha value is -3.13. The summed E-state index contributed by atoms with van der Waals surface area (Å²) in [6.07, 6.45) is 0. The van der Waals surface area contributed by atoms with Crippen LogP contribution >= 0.6 is 0 Å². The molecule has 2 rings (SSSR count). The number of para-hydroxylation sites is 2. The van der Waals surface area contributed by atoms with Crippen LogP contribution in [0.1, 0.15) is 0 Å². The largest absolute Gasteiger partial charge is 0.324 e. The van der Waals surface area contributed by atoms with Gasteiger partial charge < -0.3 is 10.6 Å². The second-order valence-electron chi connectivity index (χ2n) is 4.27. The molecule has 0 atom stereocenters. The topological polar surface area (TPSA) is 82.0 Å². The van der Waals surface area contributed by atoms with Crippen LogP contribution in [0, 0.1) is 17.2 Å². The van der Waals surface area contributed by atoms with Crippen molar-refractivity contribution in [1.82, 2.24) is 0 Å². The van der Waals surface area contributed by atoms with E-state index in [1.807, 2.05) is 0 Å². The first-order valence-electron chi connectivity index (χ1n) is 6.32. The lowest BCUT2D eigenvalue weighted by Crippen LogP contribution is -2.32. The van der Waals surface area contributed by atoms with E-state index in [4.69, 9.17) is 5.26 Å². The van der Waals surface area contributed by atoms with Gasteiger partial charge in [-0.2, -0.15) is 5.26 Å². The molecule has 0 spiro atoms. The standard InChI is InChI=1S/C16H13N3O2/c17-11-14(15(20)18-12-7-3-1-4-8-12)16(21)19-13-9-5-2-6-10-13/h1-10,14H,(H,18,20)(H,19,21). The highest BCUT2D eigenvalue weighted by Gasteiger charge is 2.26. The molecule has 0 heterocycles. The van der Waals surface area contributed by atoms with Gasteiger partial charge in [0.2, 0.25) is 5.92 Å². The lowest BCUT2D eigenvalue weighted by Gasteiger charge is -2.11. The number of carbonyl (C=O) groups excluding carboxylic acids is 2. The molecule has 2 N–H and O–H groups in total. The molecule has 0 saturated heterocycles. The fourth-order valence-electron chi connectivity index (χ4n) is 1.71. The first-order valence-corrected chi connectivity index (χ1v) is 6.32. The van der Waals surface area contributed by atoms with Crippen molar-refractivity contribution < 1.29 is 9.59 Å².